The normalized spacial score (nSPS) is 13.8. The van der Waals surface area contributed by atoms with Crippen LogP contribution in [0.1, 0.15) is 10.5 Å². The highest BCUT2D eigenvalue weighted by Crippen LogP contribution is 2.34. The Morgan fingerprint density at radius 2 is 1.79 bits per heavy atom. The molecule has 1 saturated heterocycles. The number of rotatable bonds is 4. The third kappa shape index (κ3) is 4.20. The number of hydrogen-bond acceptors (Lipinski definition) is 5. The molecule has 3 N–H and O–H groups in total. The lowest BCUT2D eigenvalue weighted by molar-refractivity contribution is 0.0741. The minimum absolute atomic E-state index is 0.000134. The van der Waals surface area contributed by atoms with Crippen molar-refractivity contribution in [3.05, 3.63) is 83.5 Å². The van der Waals surface area contributed by atoms with E-state index < -0.39 is 5.82 Å². The molecule has 0 saturated carbocycles. The molecule has 4 aromatic rings. The van der Waals surface area contributed by atoms with Gasteiger partial charge in [-0.25, -0.2) is 14.4 Å². The zero-order chi connectivity index (χ0) is 23.7. The van der Waals surface area contributed by atoms with Gasteiger partial charge in [-0.3, -0.25) is 4.79 Å². The maximum atomic E-state index is 14.7. The lowest BCUT2D eigenvalue weighted by atomic mass is 10.0. The fourth-order valence-electron chi connectivity index (χ4n) is 4.16. The quantitative estimate of drug-likeness (QED) is 0.453. The summed E-state index contributed by atoms with van der Waals surface area (Å²) in [5.41, 5.74) is 9.12. The SMILES string of the molecule is Nc1ncc(-c2cccc(Cl)c2F)c(-c2c[nH]c(C(=O)N3CCN(c4ccccc4)CC3)c2)n1. The maximum Gasteiger partial charge on any atom is 0.270 e. The van der Waals surface area contributed by atoms with Crippen molar-refractivity contribution in [2.24, 2.45) is 0 Å². The Balaban J connectivity index is 1.38. The number of aromatic amines is 1. The molecule has 34 heavy (non-hydrogen) atoms. The molecule has 1 aliphatic heterocycles. The molecule has 0 radical (unpaired) electrons. The first kappa shape index (κ1) is 21.9. The van der Waals surface area contributed by atoms with E-state index in [-0.39, 0.29) is 22.4 Å². The number of H-pyrrole nitrogens is 1. The number of nitrogen functional groups attached to an aromatic ring is 1. The minimum atomic E-state index is -0.568. The molecule has 9 heteroatoms. The van der Waals surface area contributed by atoms with E-state index in [4.69, 9.17) is 17.3 Å². The molecule has 5 rings (SSSR count). The predicted molar refractivity (Wildman–Crippen MR) is 131 cm³/mol. The summed E-state index contributed by atoms with van der Waals surface area (Å²) in [4.78, 5) is 28.6. The number of benzene rings is 2. The van der Waals surface area contributed by atoms with Gasteiger partial charge in [-0.15, -0.1) is 0 Å². The van der Waals surface area contributed by atoms with Crippen LogP contribution in [-0.4, -0.2) is 51.9 Å². The summed E-state index contributed by atoms with van der Waals surface area (Å²) in [6, 6.07) is 16.6. The highest BCUT2D eigenvalue weighted by atomic mass is 35.5. The summed E-state index contributed by atoms with van der Waals surface area (Å²) in [6.07, 6.45) is 3.13. The average Bonchev–Trinajstić information content (AvgIpc) is 3.36. The summed E-state index contributed by atoms with van der Waals surface area (Å²) in [5, 5.41) is -0.000134. The van der Waals surface area contributed by atoms with Crippen molar-refractivity contribution in [1.82, 2.24) is 19.9 Å². The van der Waals surface area contributed by atoms with Gasteiger partial charge in [0.05, 0.1) is 10.7 Å². The van der Waals surface area contributed by atoms with Gasteiger partial charge in [-0.2, -0.15) is 0 Å². The zero-order valence-electron chi connectivity index (χ0n) is 18.2. The van der Waals surface area contributed by atoms with E-state index >= 15 is 0 Å². The Kier molecular flexibility index (Phi) is 5.90. The number of nitrogens with two attached hydrogens (primary N) is 1. The minimum Gasteiger partial charge on any atom is -0.368 e. The van der Waals surface area contributed by atoms with E-state index in [2.05, 4.69) is 32.0 Å². The van der Waals surface area contributed by atoms with E-state index in [9.17, 15) is 9.18 Å². The lowest BCUT2D eigenvalue weighted by Gasteiger charge is -2.36. The van der Waals surface area contributed by atoms with Gasteiger partial charge in [0.15, 0.2) is 0 Å². The van der Waals surface area contributed by atoms with E-state index in [0.717, 1.165) is 18.8 Å². The molecule has 0 bridgehead atoms. The van der Waals surface area contributed by atoms with Crippen molar-refractivity contribution < 1.29 is 9.18 Å². The predicted octanol–water partition coefficient (Wildman–Crippen LogP) is 4.48. The molecule has 0 spiro atoms. The summed E-state index contributed by atoms with van der Waals surface area (Å²) >= 11 is 5.97. The molecular formula is C25H22ClFN6O. The average molecular weight is 477 g/mol. The molecule has 1 fully saturated rings. The standard InChI is InChI=1S/C25H22ClFN6O/c26-20-8-4-7-18(22(20)27)19-15-30-25(28)31-23(19)16-13-21(29-14-16)24(34)33-11-9-32(10-12-33)17-5-2-1-3-6-17/h1-8,13-15,29H,9-12H2,(H2,28,30,31). The highest BCUT2D eigenvalue weighted by molar-refractivity contribution is 6.31. The molecule has 2 aromatic carbocycles. The fraction of sp³-hybridized carbons (Fsp3) is 0.160. The van der Waals surface area contributed by atoms with Gasteiger partial charge in [0.25, 0.3) is 5.91 Å². The number of halogens is 2. The fourth-order valence-corrected chi connectivity index (χ4v) is 4.33. The van der Waals surface area contributed by atoms with Crippen LogP contribution in [-0.2, 0) is 0 Å². The second-order valence-corrected chi connectivity index (χ2v) is 8.42. The summed E-state index contributed by atoms with van der Waals surface area (Å²) in [7, 11) is 0. The highest BCUT2D eigenvalue weighted by Gasteiger charge is 2.24. The number of nitrogens with zero attached hydrogens (tertiary/aromatic N) is 4. The number of amides is 1. The van der Waals surface area contributed by atoms with Crippen molar-refractivity contribution in [2.75, 3.05) is 36.8 Å². The van der Waals surface area contributed by atoms with Crippen LogP contribution in [0.25, 0.3) is 22.4 Å². The van der Waals surface area contributed by atoms with Crippen molar-refractivity contribution in [2.45, 2.75) is 0 Å². The second-order valence-electron chi connectivity index (χ2n) is 8.01. The number of piperazine rings is 1. The van der Waals surface area contributed by atoms with Crippen LogP contribution >= 0.6 is 11.6 Å². The number of nitrogens with one attached hydrogen (secondary N) is 1. The molecule has 0 unspecified atom stereocenters. The van der Waals surface area contributed by atoms with Crippen LogP contribution in [0.5, 0.6) is 0 Å². The van der Waals surface area contributed by atoms with E-state index in [1.165, 1.54) is 12.3 Å². The van der Waals surface area contributed by atoms with E-state index in [1.54, 1.807) is 24.4 Å². The van der Waals surface area contributed by atoms with Gasteiger partial charge in [0.2, 0.25) is 5.95 Å². The van der Waals surface area contributed by atoms with Crippen molar-refractivity contribution >= 4 is 29.1 Å². The third-order valence-corrected chi connectivity index (χ3v) is 6.22. The van der Waals surface area contributed by atoms with E-state index in [1.807, 2.05) is 23.1 Å². The van der Waals surface area contributed by atoms with Gasteiger partial charge in [-0.1, -0.05) is 41.9 Å². The number of para-hydroxylation sites is 1. The van der Waals surface area contributed by atoms with Crippen molar-refractivity contribution in [1.29, 1.82) is 0 Å². The molecule has 0 aliphatic carbocycles. The molecule has 1 amide bonds. The molecular weight excluding hydrogens is 455 g/mol. The smallest absolute Gasteiger partial charge is 0.270 e. The molecule has 3 heterocycles. The molecule has 1 aliphatic rings. The zero-order valence-corrected chi connectivity index (χ0v) is 19.0. The van der Waals surface area contributed by atoms with Crippen LogP contribution in [0, 0.1) is 5.82 Å². The van der Waals surface area contributed by atoms with Crippen molar-refractivity contribution in [3.63, 3.8) is 0 Å². The first-order valence-electron chi connectivity index (χ1n) is 10.9. The van der Waals surface area contributed by atoms with Gasteiger partial charge in [0, 0.05) is 61.0 Å². The van der Waals surface area contributed by atoms with E-state index in [0.29, 0.717) is 35.6 Å². The van der Waals surface area contributed by atoms with Crippen molar-refractivity contribution in [3.8, 4) is 22.4 Å². The first-order chi connectivity index (χ1) is 16.5. The summed E-state index contributed by atoms with van der Waals surface area (Å²) < 4.78 is 14.7. The Hall–Kier alpha value is -3.91. The number of carbonyl (C=O) groups is 1. The third-order valence-electron chi connectivity index (χ3n) is 5.92. The number of carbonyl (C=O) groups excluding carboxylic acids is 1. The maximum absolute atomic E-state index is 14.7. The molecule has 2 aromatic heterocycles. The Bertz CT molecular complexity index is 1330. The van der Waals surface area contributed by atoms with Gasteiger partial charge >= 0.3 is 0 Å². The van der Waals surface area contributed by atoms with Crippen LogP contribution in [0.4, 0.5) is 16.0 Å². The Labute approximate surface area is 201 Å². The Morgan fingerprint density at radius 1 is 1.03 bits per heavy atom. The molecule has 0 atom stereocenters. The topological polar surface area (TPSA) is 91.1 Å². The number of aromatic nitrogens is 3. The summed E-state index contributed by atoms with van der Waals surface area (Å²) in [5.74, 6) is -0.620. The van der Waals surface area contributed by atoms with Crippen LogP contribution in [0.3, 0.4) is 0 Å². The summed E-state index contributed by atoms with van der Waals surface area (Å²) in [6.45, 7) is 2.73. The number of hydrogen-bond donors (Lipinski definition) is 2. The molecule has 7 nitrogen and oxygen atoms in total. The van der Waals surface area contributed by atoms with Gasteiger partial charge in [0.1, 0.15) is 11.5 Å². The number of anilines is 2. The monoisotopic (exact) mass is 476 g/mol. The largest absolute Gasteiger partial charge is 0.368 e. The Morgan fingerprint density at radius 3 is 2.56 bits per heavy atom. The van der Waals surface area contributed by atoms with Gasteiger partial charge < -0.3 is 20.5 Å². The van der Waals surface area contributed by atoms with Gasteiger partial charge in [-0.05, 0) is 24.3 Å². The molecule has 172 valence electrons. The lowest BCUT2D eigenvalue weighted by Crippen LogP contribution is -2.48. The van der Waals surface area contributed by atoms with Crippen LogP contribution in [0.2, 0.25) is 5.02 Å². The first-order valence-corrected chi connectivity index (χ1v) is 11.2. The van der Waals surface area contributed by atoms with Crippen LogP contribution < -0.4 is 10.6 Å². The van der Waals surface area contributed by atoms with Crippen LogP contribution in [0.15, 0.2) is 67.0 Å². The second kappa shape index (κ2) is 9.15.